The highest BCUT2D eigenvalue weighted by Crippen LogP contribution is 2.52. The number of ether oxygens (including phenoxy) is 1. The van der Waals surface area contributed by atoms with E-state index < -0.39 is 17.8 Å². The number of carbonyl (C=O) groups is 1. The summed E-state index contributed by atoms with van der Waals surface area (Å²) in [4.78, 5) is 13.0. The maximum Gasteiger partial charge on any atom is 0.442 e. The van der Waals surface area contributed by atoms with Gasteiger partial charge in [0.2, 0.25) is 0 Å². The molecule has 0 bridgehead atoms. The van der Waals surface area contributed by atoms with E-state index in [1.807, 2.05) is 0 Å². The summed E-state index contributed by atoms with van der Waals surface area (Å²) in [5.74, 6) is 1.98. The van der Waals surface area contributed by atoms with Gasteiger partial charge >= 0.3 is 17.8 Å². The van der Waals surface area contributed by atoms with Crippen LogP contribution in [0, 0.1) is 12.3 Å². The van der Waals surface area contributed by atoms with E-state index in [4.69, 9.17) is 6.42 Å². The van der Waals surface area contributed by atoms with E-state index in [1.54, 1.807) is 4.90 Å². The average Bonchev–Trinajstić information content (AvgIpc) is 3.29. The predicted octanol–water partition coefficient (Wildman–Crippen LogP) is 2.48. The van der Waals surface area contributed by atoms with Gasteiger partial charge in [-0.15, -0.1) is 16.7 Å². The number of nitrogens with zero attached hydrogens (tertiary/aromatic N) is 3. The molecule has 1 aliphatic rings. The van der Waals surface area contributed by atoms with Crippen molar-refractivity contribution in [1.29, 1.82) is 0 Å². The van der Waals surface area contributed by atoms with Gasteiger partial charge in [0.05, 0.1) is 20.2 Å². The van der Waals surface area contributed by atoms with Gasteiger partial charge in [-0.1, -0.05) is 30.2 Å². The lowest BCUT2D eigenvalue weighted by Crippen LogP contribution is -2.31. The fraction of sp³-hybridized carbons (Fsp3) is 0.400. The second-order valence-electron chi connectivity index (χ2n) is 4.99. The van der Waals surface area contributed by atoms with E-state index >= 15 is 0 Å². The minimum Gasteiger partial charge on any atom is -0.468 e. The minimum atomic E-state index is -4.55. The van der Waals surface area contributed by atoms with Crippen LogP contribution >= 0.6 is 0 Å². The maximum atomic E-state index is 12.9. The molecule has 0 saturated carbocycles. The van der Waals surface area contributed by atoms with Crippen molar-refractivity contribution in [3.05, 3.63) is 35.4 Å². The van der Waals surface area contributed by atoms with Crippen LogP contribution in [0.15, 0.2) is 34.5 Å². The molecular formula is C15H14F3N3O2. The summed E-state index contributed by atoms with van der Waals surface area (Å²) in [5.41, 5.74) is -1.74. The van der Waals surface area contributed by atoms with Gasteiger partial charge in [-0.25, -0.2) is 0 Å². The minimum absolute atomic E-state index is 0.000390. The van der Waals surface area contributed by atoms with Crippen molar-refractivity contribution in [2.24, 2.45) is 10.2 Å². The SMILES string of the molecule is C#CCN(CC(=O)OC)Cc1ccc(C2(C(F)(F)F)N=N2)cc1. The molecule has 0 atom stereocenters. The summed E-state index contributed by atoms with van der Waals surface area (Å²) >= 11 is 0. The molecule has 0 unspecified atom stereocenters. The quantitative estimate of drug-likeness (QED) is 0.596. The zero-order chi connectivity index (χ0) is 17.1. The zero-order valence-corrected chi connectivity index (χ0v) is 12.3. The van der Waals surface area contributed by atoms with E-state index in [0.717, 1.165) is 0 Å². The molecule has 1 aliphatic heterocycles. The lowest BCUT2D eigenvalue weighted by molar-refractivity contribution is -0.166. The largest absolute Gasteiger partial charge is 0.468 e. The van der Waals surface area contributed by atoms with Gasteiger partial charge in [0.1, 0.15) is 0 Å². The first-order chi connectivity index (χ1) is 10.8. The molecule has 0 radical (unpaired) electrons. The Bertz CT molecular complexity index is 641. The second kappa shape index (κ2) is 6.38. The number of terminal acetylenes is 1. The molecule has 1 aromatic carbocycles. The fourth-order valence-corrected chi connectivity index (χ4v) is 2.09. The van der Waals surface area contributed by atoms with Gasteiger partial charge in [-0.05, 0) is 5.56 Å². The number of carbonyl (C=O) groups excluding carboxylic acids is 1. The number of rotatable bonds is 6. The van der Waals surface area contributed by atoms with Crippen LogP contribution in [0.5, 0.6) is 0 Å². The molecule has 0 aliphatic carbocycles. The van der Waals surface area contributed by atoms with E-state index in [1.165, 1.54) is 31.4 Å². The van der Waals surface area contributed by atoms with Crippen LogP contribution in [0.1, 0.15) is 11.1 Å². The summed E-state index contributed by atoms with van der Waals surface area (Å²) in [6.07, 6.45) is 0.697. The molecule has 0 amide bonds. The van der Waals surface area contributed by atoms with Crippen molar-refractivity contribution < 1.29 is 22.7 Å². The highest BCUT2D eigenvalue weighted by molar-refractivity contribution is 5.71. The fourth-order valence-electron chi connectivity index (χ4n) is 2.09. The molecule has 0 fully saturated rings. The van der Waals surface area contributed by atoms with Crippen molar-refractivity contribution in [2.45, 2.75) is 18.4 Å². The molecule has 0 N–H and O–H groups in total. The first-order valence-corrected chi connectivity index (χ1v) is 6.65. The summed E-state index contributed by atoms with van der Waals surface area (Å²) < 4.78 is 43.3. The van der Waals surface area contributed by atoms with Crippen LogP contribution in [0.25, 0.3) is 0 Å². The Morgan fingerprint density at radius 1 is 1.35 bits per heavy atom. The van der Waals surface area contributed by atoms with Crippen LogP contribution < -0.4 is 0 Å². The maximum absolute atomic E-state index is 12.9. The lowest BCUT2D eigenvalue weighted by atomic mass is 10.0. The molecule has 1 heterocycles. The van der Waals surface area contributed by atoms with Gasteiger partial charge < -0.3 is 4.74 Å². The monoisotopic (exact) mass is 325 g/mol. The van der Waals surface area contributed by atoms with Gasteiger partial charge in [0.15, 0.2) is 0 Å². The first kappa shape index (κ1) is 17.0. The van der Waals surface area contributed by atoms with Crippen molar-refractivity contribution in [3.8, 4) is 12.3 Å². The third-order valence-corrected chi connectivity index (χ3v) is 3.35. The number of esters is 1. The van der Waals surface area contributed by atoms with E-state index in [-0.39, 0.29) is 18.7 Å². The molecule has 122 valence electrons. The Morgan fingerprint density at radius 3 is 2.39 bits per heavy atom. The summed E-state index contributed by atoms with van der Waals surface area (Å²) in [6.45, 7) is 0.528. The third kappa shape index (κ3) is 3.68. The van der Waals surface area contributed by atoms with E-state index in [0.29, 0.717) is 12.1 Å². The van der Waals surface area contributed by atoms with Crippen LogP contribution in [-0.4, -0.2) is 37.2 Å². The van der Waals surface area contributed by atoms with Crippen LogP contribution in [-0.2, 0) is 21.7 Å². The Kier molecular flexibility index (Phi) is 4.71. The number of methoxy groups -OCH3 is 1. The van der Waals surface area contributed by atoms with Crippen LogP contribution in [0.2, 0.25) is 0 Å². The number of hydrogen-bond acceptors (Lipinski definition) is 5. The Labute approximate surface area is 131 Å². The standard InChI is InChI=1S/C15H14F3N3O2/c1-3-8-21(10-13(22)23-2)9-11-4-6-12(7-5-11)14(19-20-14)15(16,17)18/h1,4-7H,8-10H2,2H3. The van der Waals surface area contributed by atoms with Gasteiger partial charge in [0.25, 0.3) is 0 Å². The van der Waals surface area contributed by atoms with E-state index in [2.05, 4.69) is 20.9 Å². The molecule has 0 aromatic heterocycles. The summed E-state index contributed by atoms with van der Waals surface area (Å²) in [7, 11) is 1.27. The lowest BCUT2D eigenvalue weighted by Gasteiger charge is -2.19. The smallest absolute Gasteiger partial charge is 0.442 e. The van der Waals surface area contributed by atoms with Crippen molar-refractivity contribution in [2.75, 3.05) is 20.2 Å². The average molecular weight is 325 g/mol. The number of halogens is 3. The number of benzene rings is 1. The van der Waals surface area contributed by atoms with E-state index in [9.17, 15) is 18.0 Å². The third-order valence-electron chi connectivity index (χ3n) is 3.35. The van der Waals surface area contributed by atoms with Crippen molar-refractivity contribution >= 4 is 5.97 Å². The molecule has 2 rings (SSSR count). The summed E-state index contributed by atoms with van der Waals surface area (Å²) in [6, 6.07) is 5.73. The highest BCUT2D eigenvalue weighted by Gasteiger charge is 2.65. The predicted molar refractivity (Wildman–Crippen MR) is 75.2 cm³/mol. The highest BCUT2D eigenvalue weighted by atomic mass is 19.4. The normalized spacial score (nSPS) is 15.3. The van der Waals surface area contributed by atoms with Gasteiger partial charge in [0, 0.05) is 12.1 Å². The second-order valence-corrected chi connectivity index (χ2v) is 4.99. The molecule has 0 spiro atoms. The van der Waals surface area contributed by atoms with Crippen molar-refractivity contribution in [1.82, 2.24) is 4.90 Å². The van der Waals surface area contributed by atoms with Crippen LogP contribution in [0.4, 0.5) is 13.2 Å². The molecule has 1 aromatic rings. The van der Waals surface area contributed by atoms with Gasteiger partial charge in [-0.2, -0.15) is 13.2 Å². The Morgan fingerprint density at radius 2 is 1.96 bits per heavy atom. The topological polar surface area (TPSA) is 54.3 Å². The number of hydrogen-bond donors (Lipinski definition) is 0. The zero-order valence-electron chi connectivity index (χ0n) is 12.3. The van der Waals surface area contributed by atoms with Gasteiger partial charge in [-0.3, -0.25) is 9.69 Å². The Hall–Kier alpha value is -2.40. The summed E-state index contributed by atoms with van der Waals surface area (Å²) in [5, 5.41) is 6.30. The first-order valence-electron chi connectivity index (χ1n) is 6.65. The van der Waals surface area contributed by atoms with Crippen LogP contribution in [0.3, 0.4) is 0 Å². The molecule has 8 heteroatoms. The molecule has 23 heavy (non-hydrogen) atoms. The number of alkyl halides is 3. The molecular weight excluding hydrogens is 311 g/mol. The Balaban J connectivity index is 2.07. The molecule has 5 nitrogen and oxygen atoms in total. The molecule has 0 saturated heterocycles. The van der Waals surface area contributed by atoms with Crippen molar-refractivity contribution in [3.63, 3.8) is 0 Å².